The van der Waals surface area contributed by atoms with Crippen molar-refractivity contribution in [2.75, 3.05) is 20.8 Å². The average Bonchev–Trinajstić information content (AvgIpc) is 3.33. The summed E-state index contributed by atoms with van der Waals surface area (Å²) < 4.78 is 16.2. The zero-order valence-electron chi connectivity index (χ0n) is 15.5. The van der Waals surface area contributed by atoms with Gasteiger partial charge in [0.2, 0.25) is 0 Å². The number of ether oxygens (including phenoxy) is 3. The summed E-state index contributed by atoms with van der Waals surface area (Å²) in [6, 6.07) is 8.12. The van der Waals surface area contributed by atoms with Crippen molar-refractivity contribution in [2.45, 2.75) is 31.3 Å². The van der Waals surface area contributed by atoms with Gasteiger partial charge in [-0.15, -0.1) is 0 Å². The fourth-order valence-electron chi connectivity index (χ4n) is 4.18. The van der Waals surface area contributed by atoms with Gasteiger partial charge in [-0.25, -0.2) is 9.97 Å². The Bertz CT molecular complexity index is 811. The molecule has 1 aromatic carbocycles. The average molecular weight is 369 g/mol. The van der Waals surface area contributed by atoms with E-state index in [1.807, 2.05) is 29.2 Å². The standard InChI is InChI=1S/C20H23N3O4/c1-25-16-4-3-5-17(9-16)27-12-18-13-6-7-15(8-13)23(18)19(24)14-10-21-20(26-2)22-11-14/h3-5,9-11,13,15,18H,6-8,12H2,1-2H3/t13-,15-,18-/m1/s1. The van der Waals surface area contributed by atoms with Crippen LogP contribution >= 0.6 is 0 Å². The van der Waals surface area contributed by atoms with Crippen molar-refractivity contribution >= 4 is 5.91 Å². The number of hydrogen-bond acceptors (Lipinski definition) is 6. The minimum atomic E-state index is -0.0379. The summed E-state index contributed by atoms with van der Waals surface area (Å²) in [5.74, 6) is 1.94. The number of hydrogen-bond donors (Lipinski definition) is 0. The van der Waals surface area contributed by atoms with E-state index in [9.17, 15) is 4.79 Å². The van der Waals surface area contributed by atoms with E-state index in [-0.39, 0.29) is 24.0 Å². The molecule has 27 heavy (non-hydrogen) atoms. The number of methoxy groups -OCH3 is 2. The summed E-state index contributed by atoms with van der Waals surface area (Å²) >= 11 is 0. The van der Waals surface area contributed by atoms with Gasteiger partial charge in [0.1, 0.15) is 18.1 Å². The Morgan fingerprint density at radius 2 is 1.93 bits per heavy atom. The summed E-state index contributed by atoms with van der Waals surface area (Å²) in [5.41, 5.74) is 0.481. The van der Waals surface area contributed by atoms with Gasteiger partial charge in [0.05, 0.1) is 25.8 Å². The first-order valence-electron chi connectivity index (χ1n) is 9.15. The zero-order chi connectivity index (χ0) is 18.8. The highest BCUT2D eigenvalue weighted by molar-refractivity contribution is 5.94. The molecule has 1 saturated heterocycles. The molecule has 2 fully saturated rings. The minimum absolute atomic E-state index is 0.0379. The number of carbonyl (C=O) groups excluding carboxylic acids is 1. The number of fused-ring (bicyclic) bond motifs is 2. The molecule has 0 spiro atoms. The number of rotatable bonds is 6. The normalized spacial score (nSPS) is 23.3. The van der Waals surface area contributed by atoms with Crippen LogP contribution in [0.5, 0.6) is 17.5 Å². The molecule has 0 radical (unpaired) electrons. The topological polar surface area (TPSA) is 73.8 Å². The lowest BCUT2D eigenvalue weighted by Gasteiger charge is -2.35. The molecule has 0 N–H and O–H groups in total. The molecular formula is C20H23N3O4. The van der Waals surface area contributed by atoms with Crippen LogP contribution in [0.1, 0.15) is 29.6 Å². The Hall–Kier alpha value is -2.83. The summed E-state index contributed by atoms with van der Waals surface area (Å²) in [6.45, 7) is 0.469. The highest BCUT2D eigenvalue weighted by Crippen LogP contribution is 2.43. The summed E-state index contributed by atoms with van der Waals surface area (Å²) in [4.78, 5) is 23.2. The Morgan fingerprint density at radius 1 is 1.15 bits per heavy atom. The first-order valence-corrected chi connectivity index (χ1v) is 9.15. The van der Waals surface area contributed by atoms with Gasteiger partial charge < -0.3 is 19.1 Å². The highest BCUT2D eigenvalue weighted by atomic mass is 16.5. The van der Waals surface area contributed by atoms with Gasteiger partial charge >= 0.3 is 6.01 Å². The third kappa shape index (κ3) is 3.41. The lowest BCUT2D eigenvalue weighted by atomic mass is 9.99. The van der Waals surface area contributed by atoms with Crippen LogP contribution in [0.4, 0.5) is 0 Å². The van der Waals surface area contributed by atoms with Crippen LogP contribution in [0.2, 0.25) is 0 Å². The Morgan fingerprint density at radius 3 is 2.67 bits per heavy atom. The molecule has 1 amide bonds. The molecule has 1 aliphatic carbocycles. The van der Waals surface area contributed by atoms with Gasteiger partial charge in [0, 0.05) is 24.5 Å². The van der Waals surface area contributed by atoms with E-state index < -0.39 is 0 Å². The number of piperidine rings is 1. The van der Waals surface area contributed by atoms with Crippen molar-refractivity contribution < 1.29 is 19.0 Å². The molecule has 7 heteroatoms. The van der Waals surface area contributed by atoms with Crippen LogP contribution in [0, 0.1) is 5.92 Å². The van der Waals surface area contributed by atoms with Crippen molar-refractivity contribution in [1.82, 2.24) is 14.9 Å². The van der Waals surface area contributed by atoms with Gasteiger partial charge in [-0.2, -0.15) is 0 Å². The van der Waals surface area contributed by atoms with Gasteiger partial charge in [0.15, 0.2) is 0 Å². The van der Waals surface area contributed by atoms with Crippen molar-refractivity contribution in [2.24, 2.45) is 5.92 Å². The molecule has 1 aliphatic heterocycles. The van der Waals surface area contributed by atoms with Crippen LogP contribution in [0.15, 0.2) is 36.7 Å². The Balaban J connectivity index is 1.49. The van der Waals surface area contributed by atoms with Crippen LogP contribution < -0.4 is 14.2 Å². The van der Waals surface area contributed by atoms with Crippen LogP contribution in [0.25, 0.3) is 0 Å². The van der Waals surface area contributed by atoms with Gasteiger partial charge in [-0.3, -0.25) is 4.79 Å². The van der Waals surface area contributed by atoms with E-state index in [2.05, 4.69) is 9.97 Å². The van der Waals surface area contributed by atoms with E-state index in [1.165, 1.54) is 19.5 Å². The maximum Gasteiger partial charge on any atom is 0.316 e. The Kier molecular flexibility index (Phi) is 4.83. The van der Waals surface area contributed by atoms with Gasteiger partial charge in [0.25, 0.3) is 5.91 Å². The molecule has 1 aromatic heterocycles. The minimum Gasteiger partial charge on any atom is -0.497 e. The predicted molar refractivity (Wildman–Crippen MR) is 98.2 cm³/mol. The third-order valence-corrected chi connectivity index (χ3v) is 5.49. The number of nitrogens with zero attached hydrogens (tertiary/aromatic N) is 3. The quantitative estimate of drug-likeness (QED) is 0.779. The van der Waals surface area contributed by atoms with Gasteiger partial charge in [-0.1, -0.05) is 6.07 Å². The molecule has 1 saturated carbocycles. The van der Waals surface area contributed by atoms with E-state index in [0.29, 0.717) is 18.1 Å². The molecule has 7 nitrogen and oxygen atoms in total. The van der Waals surface area contributed by atoms with Crippen molar-refractivity contribution in [3.63, 3.8) is 0 Å². The predicted octanol–water partition coefficient (Wildman–Crippen LogP) is 2.57. The molecule has 2 bridgehead atoms. The van der Waals surface area contributed by atoms with Crippen molar-refractivity contribution in [3.05, 3.63) is 42.2 Å². The van der Waals surface area contributed by atoms with E-state index >= 15 is 0 Å². The third-order valence-electron chi connectivity index (χ3n) is 5.49. The zero-order valence-corrected chi connectivity index (χ0v) is 15.5. The van der Waals surface area contributed by atoms with Crippen LogP contribution in [-0.4, -0.2) is 53.7 Å². The maximum absolute atomic E-state index is 13.1. The first kappa shape index (κ1) is 17.6. The maximum atomic E-state index is 13.1. The fourth-order valence-corrected chi connectivity index (χ4v) is 4.18. The second-order valence-electron chi connectivity index (χ2n) is 6.96. The largest absolute Gasteiger partial charge is 0.497 e. The lowest BCUT2D eigenvalue weighted by Crippen LogP contribution is -2.47. The smallest absolute Gasteiger partial charge is 0.316 e. The molecule has 2 heterocycles. The Labute approximate surface area is 158 Å². The number of aromatic nitrogens is 2. The molecule has 0 unspecified atom stereocenters. The van der Waals surface area contributed by atoms with E-state index in [0.717, 1.165) is 30.8 Å². The number of benzene rings is 1. The first-order chi connectivity index (χ1) is 13.2. The fraction of sp³-hybridized carbons (Fsp3) is 0.450. The monoisotopic (exact) mass is 369 g/mol. The van der Waals surface area contributed by atoms with Crippen molar-refractivity contribution in [1.29, 1.82) is 0 Å². The highest BCUT2D eigenvalue weighted by Gasteiger charge is 2.48. The summed E-state index contributed by atoms with van der Waals surface area (Å²) in [5, 5.41) is 0. The summed E-state index contributed by atoms with van der Waals surface area (Å²) in [7, 11) is 3.13. The summed E-state index contributed by atoms with van der Waals surface area (Å²) in [6.07, 6.45) is 6.28. The number of likely N-dealkylation sites (tertiary alicyclic amines) is 1. The lowest BCUT2D eigenvalue weighted by molar-refractivity contribution is 0.0504. The molecular weight excluding hydrogens is 346 g/mol. The van der Waals surface area contributed by atoms with E-state index in [4.69, 9.17) is 14.2 Å². The molecule has 3 atom stereocenters. The van der Waals surface area contributed by atoms with E-state index in [1.54, 1.807) is 7.11 Å². The molecule has 142 valence electrons. The number of amides is 1. The second-order valence-corrected chi connectivity index (χ2v) is 6.96. The molecule has 4 rings (SSSR count). The SMILES string of the molecule is COc1cccc(OC[C@@H]2[C@@H]3CC[C@H](C3)N2C(=O)c2cnc(OC)nc2)c1. The van der Waals surface area contributed by atoms with Crippen LogP contribution in [0.3, 0.4) is 0 Å². The van der Waals surface area contributed by atoms with Gasteiger partial charge in [-0.05, 0) is 37.3 Å². The van der Waals surface area contributed by atoms with Crippen molar-refractivity contribution in [3.8, 4) is 17.5 Å². The number of carbonyl (C=O) groups is 1. The van der Waals surface area contributed by atoms with Crippen LogP contribution in [-0.2, 0) is 0 Å². The molecule has 2 aromatic rings. The molecule has 2 aliphatic rings. The second kappa shape index (κ2) is 7.42.